The first kappa shape index (κ1) is 21.9. The molecule has 5 heteroatoms. The first-order chi connectivity index (χ1) is 15.3. The zero-order valence-corrected chi connectivity index (χ0v) is 19.6. The molecular formula is C27H32N4O. The molecular weight excluding hydrogens is 396 g/mol. The quantitative estimate of drug-likeness (QED) is 0.421. The van der Waals surface area contributed by atoms with Crippen molar-refractivity contribution in [2.24, 2.45) is 5.10 Å². The highest BCUT2D eigenvalue weighted by Gasteiger charge is 2.35. The van der Waals surface area contributed by atoms with Crippen molar-refractivity contribution in [3.05, 3.63) is 83.2 Å². The SMILES string of the molecule is CCN1c2cc(C)c(/C=N\NC(=O)c3ccccc3-n3cccc3)cc2[C@H](C)CC1(C)C. The summed E-state index contributed by atoms with van der Waals surface area (Å²) in [5.74, 6) is 0.243. The third kappa shape index (κ3) is 4.07. The summed E-state index contributed by atoms with van der Waals surface area (Å²) in [5, 5.41) is 4.30. The maximum Gasteiger partial charge on any atom is 0.273 e. The van der Waals surface area contributed by atoms with E-state index in [1.807, 2.05) is 53.4 Å². The Bertz CT molecular complexity index is 1140. The molecule has 0 spiro atoms. The fraction of sp³-hybridized carbons (Fsp3) is 0.333. The molecule has 2 aromatic carbocycles. The van der Waals surface area contributed by atoms with Crippen LogP contribution in [0.5, 0.6) is 0 Å². The van der Waals surface area contributed by atoms with Crippen molar-refractivity contribution in [3.63, 3.8) is 0 Å². The van der Waals surface area contributed by atoms with Crippen LogP contribution in [0.2, 0.25) is 0 Å². The summed E-state index contributed by atoms with van der Waals surface area (Å²) in [7, 11) is 0. The van der Waals surface area contributed by atoms with Gasteiger partial charge in [0.25, 0.3) is 5.91 Å². The third-order valence-electron chi connectivity index (χ3n) is 6.49. The summed E-state index contributed by atoms with van der Waals surface area (Å²) >= 11 is 0. The highest BCUT2D eigenvalue weighted by molar-refractivity contribution is 5.98. The molecule has 4 rings (SSSR count). The van der Waals surface area contributed by atoms with E-state index in [4.69, 9.17) is 0 Å². The average molecular weight is 429 g/mol. The van der Waals surface area contributed by atoms with Crippen LogP contribution >= 0.6 is 0 Å². The first-order valence-electron chi connectivity index (χ1n) is 11.3. The molecule has 2 heterocycles. The van der Waals surface area contributed by atoms with E-state index >= 15 is 0 Å². The van der Waals surface area contributed by atoms with Crippen molar-refractivity contribution in [2.45, 2.75) is 52.5 Å². The normalized spacial score (nSPS) is 17.4. The molecule has 0 aliphatic carbocycles. The monoisotopic (exact) mass is 428 g/mol. The molecule has 166 valence electrons. The van der Waals surface area contributed by atoms with E-state index in [2.05, 4.69) is 62.2 Å². The maximum atomic E-state index is 12.8. The number of rotatable bonds is 5. The second-order valence-corrected chi connectivity index (χ2v) is 9.24. The lowest BCUT2D eigenvalue weighted by Gasteiger charge is -2.47. The minimum atomic E-state index is -0.228. The summed E-state index contributed by atoms with van der Waals surface area (Å²) in [6.45, 7) is 12.2. The third-order valence-corrected chi connectivity index (χ3v) is 6.49. The molecule has 0 saturated heterocycles. The number of hydrogen-bond acceptors (Lipinski definition) is 3. The lowest BCUT2D eigenvalue weighted by Crippen LogP contribution is -2.48. The Morgan fingerprint density at radius 3 is 2.59 bits per heavy atom. The molecule has 0 bridgehead atoms. The van der Waals surface area contributed by atoms with Crippen LogP contribution in [0.3, 0.4) is 0 Å². The topological polar surface area (TPSA) is 49.6 Å². The minimum absolute atomic E-state index is 0.143. The van der Waals surface area contributed by atoms with Gasteiger partial charge in [0.05, 0.1) is 17.5 Å². The van der Waals surface area contributed by atoms with Crippen molar-refractivity contribution in [1.82, 2.24) is 9.99 Å². The zero-order chi connectivity index (χ0) is 22.9. The Balaban J connectivity index is 1.57. The standard InChI is InChI=1S/C27H32N4O/c1-6-31-25-15-19(2)21(16-23(25)20(3)17-27(31,4)5)18-28-29-26(32)22-11-7-8-12-24(22)30-13-9-10-14-30/h7-16,18,20H,6,17H2,1-5H3,(H,29,32)/b28-18-/t20-/m1/s1. The van der Waals surface area contributed by atoms with Gasteiger partial charge in [-0.3, -0.25) is 4.79 Å². The van der Waals surface area contributed by atoms with Gasteiger partial charge in [-0.2, -0.15) is 5.10 Å². The number of nitrogens with one attached hydrogen (secondary N) is 1. The molecule has 0 radical (unpaired) electrons. The Hall–Kier alpha value is -3.34. The largest absolute Gasteiger partial charge is 0.366 e. The minimum Gasteiger partial charge on any atom is -0.366 e. The van der Waals surface area contributed by atoms with E-state index in [0.717, 1.165) is 29.8 Å². The molecule has 1 aliphatic rings. The molecule has 1 atom stereocenters. The molecule has 1 aromatic heterocycles. The lowest BCUT2D eigenvalue weighted by molar-refractivity contribution is 0.0955. The number of anilines is 1. The van der Waals surface area contributed by atoms with Crippen LogP contribution in [-0.4, -0.2) is 28.8 Å². The number of carbonyl (C=O) groups excluding carboxylic acids is 1. The highest BCUT2D eigenvalue weighted by Crippen LogP contribution is 2.43. The van der Waals surface area contributed by atoms with Crippen LogP contribution in [0.4, 0.5) is 5.69 Å². The van der Waals surface area contributed by atoms with Crippen molar-refractivity contribution >= 4 is 17.8 Å². The van der Waals surface area contributed by atoms with E-state index in [1.54, 1.807) is 6.21 Å². The van der Waals surface area contributed by atoms with Gasteiger partial charge < -0.3 is 9.47 Å². The molecule has 3 aromatic rings. The van der Waals surface area contributed by atoms with Gasteiger partial charge in [-0.15, -0.1) is 0 Å². The molecule has 1 amide bonds. The number of carbonyl (C=O) groups is 1. The Morgan fingerprint density at radius 2 is 1.88 bits per heavy atom. The second-order valence-electron chi connectivity index (χ2n) is 9.24. The maximum absolute atomic E-state index is 12.8. The van der Waals surface area contributed by atoms with Crippen LogP contribution < -0.4 is 10.3 Å². The average Bonchev–Trinajstić information content (AvgIpc) is 3.29. The summed E-state index contributed by atoms with van der Waals surface area (Å²) in [4.78, 5) is 15.3. The smallest absolute Gasteiger partial charge is 0.273 e. The van der Waals surface area contributed by atoms with Crippen LogP contribution in [0.1, 0.15) is 67.1 Å². The van der Waals surface area contributed by atoms with Crippen molar-refractivity contribution < 1.29 is 4.79 Å². The van der Waals surface area contributed by atoms with Gasteiger partial charge in [0.1, 0.15) is 0 Å². The molecule has 0 unspecified atom stereocenters. The molecule has 1 N–H and O–H groups in total. The number of aromatic nitrogens is 1. The predicted molar refractivity (Wildman–Crippen MR) is 132 cm³/mol. The van der Waals surface area contributed by atoms with E-state index in [9.17, 15) is 4.79 Å². The molecule has 1 aliphatic heterocycles. The van der Waals surface area contributed by atoms with Crippen LogP contribution in [0.15, 0.2) is 66.0 Å². The van der Waals surface area contributed by atoms with Gasteiger partial charge in [-0.05, 0) is 93.1 Å². The van der Waals surface area contributed by atoms with Gasteiger partial charge in [-0.25, -0.2) is 5.43 Å². The lowest BCUT2D eigenvalue weighted by atomic mass is 9.79. The summed E-state index contributed by atoms with van der Waals surface area (Å²) in [6, 6.07) is 15.9. The fourth-order valence-corrected chi connectivity index (χ4v) is 5.00. The van der Waals surface area contributed by atoms with Gasteiger partial charge in [-0.1, -0.05) is 19.1 Å². The van der Waals surface area contributed by atoms with Crippen molar-refractivity contribution in [2.75, 3.05) is 11.4 Å². The van der Waals surface area contributed by atoms with Crippen molar-refractivity contribution in [3.8, 4) is 5.69 Å². The van der Waals surface area contributed by atoms with Crippen LogP contribution in [0.25, 0.3) is 5.69 Å². The first-order valence-corrected chi connectivity index (χ1v) is 11.3. The van der Waals surface area contributed by atoms with E-state index in [1.165, 1.54) is 11.3 Å². The predicted octanol–water partition coefficient (Wildman–Crippen LogP) is 5.66. The number of nitrogens with zero attached hydrogens (tertiary/aromatic N) is 3. The van der Waals surface area contributed by atoms with E-state index in [0.29, 0.717) is 11.5 Å². The molecule has 5 nitrogen and oxygen atoms in total. The Kier molecular flexibility index (Phi) is 5.92. The number of fused-ring (bicyclic) bond motifs is 1. The Labute approximate surface area is 190 Å². The highest BCUT2D eigenvalue weighted by atomic mass is 16.2. The molecule has 0 saturated carbocycles. The van der Waals surface area contributed by atoms with Crippen molar-refractivity contribution in [1.29, 1.82) is 0 Å². The number of amides is 1. The van der Waals surface area contributed by atoms with Gasteiger partial charge in [0.15, 0.2) is 0 Å². The van der Waals surface area contributed by atoms with Crippen LogP contribution in [-0.2, 0) is 0 Å². The number of hydrazone groups is 1. The number of aryl methyl sites for hydroxylation is 1. The summed E-state index contributed by atoms with van der Waals surface area (Å²) in [6.07, 6.45) is 6.72. The van der Waals surface area contributed by atoms with Crippen LogP contribution in [0, 0.1) is 6.92 Å². The summed E-state index contributed by atoms with van der Waals surface area (Å²) < 4.78 is 1.93. The van der Waals surface area contributed by atoms with Gasteiger partial charge in [0, 0.05) is 30.2 Å². The van der Waals surface area contributed by atoms with E-state index in [-0.39, 0.29) is 11.4 Å². The number of benzene rings is 2. The zero-order valence-electron chi connectivity index (χ0n) is 19.6. The van der Waals surface area contributed by atoms with E-state index < -0.39 is 0 Å². The molecule has 32 heavy (non-hydrogen) atoms. The van der Waals surface area contributed by atoms with Gasteiger partial charge in [0.2, 0.25) is 0 Å². The number of para-hydroxylation sites is 1. The molecule has 0 fully saturated rings. The van der Waals surface area contributed by atoms with Gasteiger partial charge >= 0.3 is 0 Å². The summed E-state index contributed by atoms with van der Waals surface area (Å²) in [5.41, 5.74) is 9.11. The fourth-order valence-electron chi connectivity index (χ4n) is 5.00. The Morgan fingerprint density at radius 1 is 1.16 bits per heavy atom. The number of hydrogen-bond donors (Lipinski definition) is 1. The second kappa shape index (κ2) is 8.65.